The Hall–Kier alpha value is -3.23. The maximum atomic E-state index is 12.2. The fourth-order valence-electron chi connectivity index (χ4n) is 3.67. The molecule has 35 heavy (non-hydrogen) atoms. The quantitative estimate of drug-likeness (QED) is 0.315. The third-order valence-electron chi connectivity index (χ3n) is 5.51. The third-order valence-corrected chi connectivity index (χ3v) is 6.25. The Morgan fingerprint density at radius 3 is 2.54 bits per heavy atom. The van der Waals surface area contributed by atoms with Gasteiger partial charge in [0, 0.05) is 24.0 Å². The highest BCUT2D eigenvalue weighted by Gasteiger charge is 2.27. The van der Waals surface area contributed by atoms with Gasteiger partial charge in [0.15, 0.2) is 0 Å². The van der Waals surface area contributed by atoms with Crippen molar-refractivity contribution in [3.63, 3.8) is 0 Å². The molecule has 0 radical (unpaired) electrons. The number of ether oxygens (including phenoxy) is 2. The number of hydrogen-bond donors (Lipinski definition) is 1. The molecule has 4 rings (SSSR count). The van der Waals surface area contributed by atoms with Crippen LogP contribution in [0.15, 0.2) is 65.1 Å². The fraction of sp³-hybridized carbons (Fsp3) is 0.370. The number of thiazole rings is 1. The highest BCUT2D eigenvalue weighted by atomic mass is 32.1. The normalized spacial score (nSPS) is 14.9. The first-order valence-electron chi connectivity index (χ1n) is 11.8. The number of carbonyl (C=O) groups is 1. The van der Waals surface area contributed by atoms with E-state index >= 15 is 0 Å². The van der Waals surface area contributed by atoms with E-state index < -0.39 is 5.60 Å². The zero-order valence-corrected chi connectivity index (χ0v) is 21.3. The van der Waals surface area contributed by atoms with Crippen LogP contribution in [0.1, 0.15) is 44.7 Å². The van der Waals surface area contributed by atoms with Gasteiger partial charge in [-0.2, -0.15) is 5.10 Å². The number of hydrazone groups is 1. The molecule has 0 aliphatic carbocycles. The number of benzene rings is 2. The van der Waals surface area contributed by atoms with Crippen molar-refractivity contribution in [1.29, 1.82) is 0 Å². The number of hydrogen-bond acceptors (Lipinski definition) is 7. The first-order chi connectivity index (χ1) is 16.9. The average Bonchev–Trinajstić information content (AvgIpc) is 3.32. The predicted molar refractivity (Wildman–Crippen MR) is 141 cm³/mol. The molecule has 2 heterocycles. The van der Waals surface area contributed by atoms with Crippen LogP contribution >= 0.6 is 11.3 Å². The minimum Gasteiger partial charge on any atom is -0.444 e. The van der Waals surface area contributed by atoms with Crippen LogP contribution in [0.4, 0.5) is 9.93 Å². The largest absolute Gasteiger partial charge is 0.444 e. The first-order valence-corrected chi connectivity index (χ1v) is 12.7. The number of carbonyl (C=O) groups excluding carboxylic acids is 1. The van der Waals surface area contributed by atoms with Gasteiger partial charge in [0.05, 0.1) is 24.6 Å². The molecule has 1 N–H and O–H groups in total. The number of nitrogens with zero attached hydrogens (tertiary/aromatic N) is 3. The van der Waals surface area contributed by atoms with E-state index in [4.69, 9.17) is 9.47 Å². The Labute approximate surface area is 210 Å². The van der Waals surface area contributed by atoms with Gasteiger partial charge in [-0.3, -0.25) is 5.43 Å². The lowest BCUT2D eigenvalue weighted by Gasteiger charge is -2.33. The second kappa shape index (κ2) is 11.5. The van der Waals surface area contributed by atoms with E-state index in [1.54, 1.807) is 11.1 Å². The van der Waals surface area contributed by atoms with Gasteiger partial charge in [0.2, 0.25) is 5.13 Å². The Balaban J connectivity index is 1.19. The van der Waals surface area contributed by atoms with Crippen molar-refractivity contribution >= 4 is 28.8 Å². The molecule has 1 aliphatic heterocycles. The van der Waals surface area contributed by atoms with E-state index in [2.05, 4.69) is 15.5 Å². The van der Waals surface area contributed by atoms with Gasteiger partial charge < -0.3 is 14.4 Å². The molecule has 0 spiro atoms. The summed E-state index contributed by atoms with van der Waals surface area (Å²) in [6.45, 7) is 7.53. The molecule has 0 atom stereocenters. The number of amides is 1. The molecule has 2 aromatic carbocycles. The summed E-state index contributed by atoms with van der Waals surface area (Å²) in [6.07, 6.45) is 3.32. The summed E-state index contributed by atoms with van der Waals surface area (Å²) in [7, 11) is 0. The first kappa shape index (κ1) is 24.9. The lowest BCUT2D eigenvalue weighted by molar-refractivity contribution is -0.0170. The van der Waals surface area contributed by atoms with Crippen molar-refractivity contribution < 1.29 is 14.3 Å². The molecule has 1 aromatic heterocycles. The van der Waals surface area contributed by atoms with E-state index in [1.165, 1.54) is 11.3 Å². The third kappa shape index (κ3) is 7.63. The van der Waals surface area contributed by atoms with Crippen molar-refractivity contribution in [3.05, 3.63) is 71.1 Å². The molecule has 1 aliphatic rings. The van der Waals surface area contributed by atoms with Gasteiger partial charge in [-0.25, -0.2) is 9.78 Å². The van der Waals surface area contributed by atoms with Crippen molar-refractivity contribution in [2.24, 2.45) is 5.10 Å². The molecule has 184 valence electrons. The van der Waals surface area contributed by atoms with Crippen LogP contribution in [0.2, 0.25) is 0 Å². The maximum Gasteiger partial charge on any atom is 0.410 e. The van der Waals surface area contributed by atoms with Crippen LogP contribution in [0.5, 0.6) is 0 Å². The van der Waals surface area contributed by atoms with Gasteiger partial charge in [-0.15, -0.1) is 11.3 Å². The van der Waals surface area contributed by atoms with Crippen molar-refractivity contribution in [1.82, 2.24) is 9.88 Å². The Bertz CT molecular complexity index is 1120. The lowest BCUT2D eigenvalue weighted by Crippen LogP contribution is -2.43. The minimum atomic E-state index is -0.468. The molecule has 1 fully saturated rings. The van der Waals surface area contributed by atoms with E-state index in [0.29, 0.717) is 19.7 Å². The standard InChI is InChI=1S/C27H32N4O3S/c1-27(2,3)34-26(32)31-15-13-23(14-16-31)33-18-21-11-9-20(10-12-21)17-28-30-25-29-24(19-35-25)22-7-5-4-6-8-22/h4-12,17,19,23H,13-16,18H2,1-3H3,(H,29,30). The summed E-state index contributed by atoms with van der Waals surface area (Å²) in [5.74, 6) is 0. The van der Waals surface area contributed by atoms with E-state index in [1.807, 2.05) is 80.7 Å². The number of rotatable bonds is 7. The summed E-state index contributed by atoms with van der Waals surface area (Å²) in [5.41, 5.74) is 6.67. The van der Waals surface area contributed by atoms with Gasteiger partial charge in [0.1, 0.15) is 5.60 Å². The molecule has 3 aromatic rings. The topological polar surface area (TPSA) is 76.0 Å². The van der Waals surface area contributed by atoms with Gasteiger partial charge >= 0.3 is 6.09 Å². The summed E-state index contributed by atoms with van der Waals surface area (Å²) in [4.78, 5) is 18.5. The van der Waals surface area contributed by atoms with Gasteiger partial charge in [-0.05, 0) is 44.7 Å². The zero-order valence-electron chi connectivity index (χ0n) is 20.4. The predicted octanol–water partition coefficient (Wildman–Crippen LogP) is 6.17. The average molecular weight is 493 g/mol. The van der Waals surface area contributed by atoms with Crippen molar-refractivity contribution in [3.8, 4) is 11.3 Å². The number of piperidine rings is 1. The van der Waals surface area contributed by atoms with E-state index in [9.17, 15) is 4.79 Å². The molecule has 1 amide bonds. The summed E-state index contributed by atoms with van der Waals surface area (Å²) in [6, 6.07) is 18.2. The van der Waals surface area contributed by atoms with Crippen LogP contribution < -0.4 is 5.43 Å². The highest BCUT2D eigenvalue weighted by molar-refractivity contribution is 7.14. The molecule has 0 bridgehead atoms. The summed E-state index contributed by atoms with van der Waals surface area (Å²) < 4.78 is 11.5. The zero-order chi connectivity index (χ0) is 24.7. The lowest BCUT2D eigenvalue weighted by atomic mass is 10.1. The molecule has 8 heteroatoms. The number of aromatic nitrogens is 1. The van der Waals surface area contributed by atoms with Gasteiger partial charge in [0.25, 0.3) is 0 Å². The monoisotopic (exact) mass is 492 g/mol. The molecule has 0 saturated carbocycles. The van der Waals surface area contributed by atoms with Crippen molar-refractivity contribution in [2.75, 3.05) is 18.5 Å². The summed E-state index contributed by atoms with van der Waals surface area (Å²) >= 11 is 1.52. The van der Waals surface area contributed by atoms with Crippen molar-refractivity contribution in [2.45, 2.75) is 51.9 Å². The van der Waals surface area contributed by atoms with Crippen LogP contribution in [-0.4, -0.2) is 47.0 Å². The minimum absolute atomic E-state index is 0.151. The van der Waals surface area contributed by atoms with Gasteiger partial charge in [-0.1, -0.05) is 54.6 Å². The van der Waals surface area contributed by atoms with Crippen LogP contribution in [0, 0.1) is 0 Å². The molecule has 7 nitrogen and oxygen atoms in total. The van der Waals surface area contributed by atoms with Crippen LogP contribution in [0.3, 0.4) is 0 Å². The second-order valence-electron chi connectivity index (χ2n) is 9.49. The van der Waals surface area contributed by atoms with E-state index in [-0.39, 0.29) is 12.2 Å². The fourth-order valence-corrected chi connectivity index (χ4v) is 4.34. The smallest absolute Gasteiger partial charge is 0.410 e. The number of likely N-dealkylation sites (tertiary alicyclic amines) is 1. The Kier molecular flexibility index (Phi) is 8.15. The van der Waals surface area contributed by atoms with Crippen LogP contribution in [-0.2, 0) is 16.1 Å². The maximum absolute atomic E-state index is 12.2. The SMILES string of the molecule is CC(C)(C)OC(=O)N1CCC(OCc2ccc(C=NNc3nc(-c4ccccc4)cs3)cc2)CC1. The highest BCUT2D eigenvalue weighted by Crippen LogP contribution is 2.24. The number of nitrogens with one attached hydrogen (secondary N) is 1. The summed E-state index contributed by atoms with van der Waals surface area (Å²) in [5, 5.41) is 7.08. The van der Waals surface area contributed by atoms with E-state index in [0.717, 1.165) is 40.4 Å². The molecular weight excluding hydrogens is 460 g/mol. The molecule has 0 unspecified atom stereocenters. The molecule has 1 saturated heterocycles. The number of anilines is 1. The molecular formula is C27H32N4O3S. The Morgan fingerprint density at radius 1 is 1.14 bits per heavy atom. The second-order valence-corrected chi connectivity index (χ2v) is 10.4. The van der Waals surface area contributed by atoms with Crippen LogP contribution in [0.25, 0.3) is 11.3 Å². The Morgan fingerprint density at radius 2 is 1.86 bits per heavy atom.